The van der Waals surface area contributed by atoms with E-state index in [0.717, 1.165) is 67.3 Å². The Bertz CT molecular complexity index is 2010. The first-order valence-corrected chi connectivity index (χ1v) is 14.6. The number of aryl methyl sites for hydroxylation is 2. The molecule has 3 heteroatoms. The molecular weight excluding hydrogens is 534 g/mol. The number of hydrogen-bond donors (Lipinski definition) is 0. The lowest BCUT2D eigenvalue weighted by Gasteiger charge is -2.12. The van der Waals surface area contributed by atoms with Gasteiger partial charge in [-0.2, -0.15) is 5.26 Å². The summed E-state index contributed by atoms with van der Waals surface area (Å²) >= 11 is 0. The van der Waals surface area contributed by atoms with E-state index in [4.69, 9.17) is 9.98 Å². The SMILES string of the molecule is Cc1ccccc1N=C(c1ccccc1)c1cccc(-c2ccc(C(=Nc3ccc(C#N)cc3C)c3ccccc3)cc2)c1. The summed E-state index contributed by atoms with van der Waals surface area (Å²) < 4.78 is 0. The Morgan fingerprint density at radius 3 is 1.61 bits per heavy atom. The molecule has 0 aliphatic heterocycles. The fraction of sp³-hybridized carbons (Fsp3) is 0.0488. The van der Waals surface area contributed by atoms with Crippen LogP contribution in [-0.4, -0.2) is 11.4 Å². The average molecular weight is 566 g/mol. The van der Waals surface area contributed by atoms with Crippen LogP contribution in [0, 0.1) is 25.2 Å². The molecule has 0 spiro atoms. The Hall–Kier alpha value is -5.85. The molecule has 3 nitrogen and oxygen atoms in total. The summed E-state index contributed by atoms with van der Waals surface area (Å²) in [4.78, 5) is 10.2. The van der Waals surface area contributed by atoms with E-state index in [1.807, 2.05) is 61.5 Å². The van der Waals surface area contributed by atoms with Crippen LogP contribution >= 0.6 is 0 Å². The van der Waals surface area contributed by atoms with Gasteiger partial charge in [0.05, 0.1) is 34.4 Å². The molecule has 0 fully saturated rings. The van der Waals surface area contributed by atoms with Crippen molar-refractivity contribution in [2.24, 2.45) is 9.98 Å². The van der Waals surface area contributed by atoms with Crippen molar-refractivity contribution in [2.45, 2.75) is 13.8 Å². The van der Waals surface area contributed by atoms with Gasteiger partial charge in [0.25, 0.3) is 0 Å². The number of rotatable bonds is 7. The largest absolute Gasteiger partial charge is 0.248 e. The van der Waals surface area contributed by atoms with Crippen molar-refractivity contribution >= 4 is 22.8 Å². The van der Waals surface area contributed by atoms with Crippen molar-refractivity contribution < 1.29 is 0 Å². The Morgan fingerprint density at radius 2 is 1.00 bits per heavy atom. The third-order valence-electron chi connectivity index (χ3n) is 7.63. The first-order chi connectivity index (χ1) is 21.6. The highest BCUT2D eigenvalue weighted by molar-refractivity contribution is 6.15. The molecule has 0 saturated carbocycles. The summed E-state index contributed by atoms with van der Waals surface area (Å²) in [7, 11) is 0. The molecule has 0 saturated heterocycles. The Balaban J connectivity index is 1.39. The first-order valence-electron chi connectivity index (χ1n) is 14.6. The van der Waals surface area contributed by atoms with Crippen LogP contribution in [0.3, 0.4) is 0 Å². The van der Waals surface area contributed by atoms with Crippen molar-refractivity contribution in [3.63, 3.8) is 0 Å². The van der Waals surface area contributed by atoms with Gasteiger partial charge >= 0.3 is 0 Å². The zero-order valence-electron chi connectivity index (χ0n) is 24.8. The van der Waals surface area contributed by atoms with Gasteiger partial charge in [-0.1, -0.05) is 121 Å². The maximum atomic E-state index is 9.30. The van der Waals surface area contributed by atoms with Gasteiger partial charge in [0.2, 0.25) is 0 Å². The molecule has 0 aromatic heterocycles. The molecule has 0 radical (unpaired) electrons. The minimum absolute atomic E-state index is 0.633. The maximum Gasteiger partial charge on any atom is 0.0991 e. The van der Waals surface area contributed by atoms with Crippen molar-refractivity contribution in [3.05, 3.63) is 191 Å². The molecular formula is C41H31N3. The predicted octanol–water partition coefficient (Wildman–Crippen LogP) is 10.2. The molecule has 210 valence electrons. The number of nitriles is 1. The molecule has 0 bridgehead atoms. The highest BCUT2D eigenvalue weighted by Crippen LogP contribution is 2.28. The van der Waals surface area contributed by atoms with E-state index in [0.29, 0.717) is 5.56 Å². The van der Waals surface area contributed by atoms with Gasteiger partial charge in [-0.15, -0.1) is 0 Å². The van der Waals surface area contributed by atoms with E-state index < -0.39 is 0 Å². The zero-order chi connectivity index (χ0) is 30.3. The van der Waals surface area contributed by atoms with Crippen molar-refractivity contribution in [1.29, 1.82) is 5.26 Å². The molecule has 0 atom stereocenters. The van der Waals surface area contributed by atoms with Crippen molar-refractivity contribution in [1.82, 2.24) is 0 Å². The smallest absolute Gasteiger partial charge is 0.0991 e. The zero-order valence-corrected chi connectivity index (χ0v) is 24.8. The third-order valence-corrected chi connectivity index (χ3v) is 7.63. The van der Waals surface area contributed by atoms with Gasteiger partial charge in [-0.05, 0) is 66.4 Å². The van der Waals surface area contributed by atoms with Crippen LogP contribution in [0.25, 0.3) is 11.1 Å². The monoisotopic (exact) mass is 565 g/mol. The topological polar surface area (TPSA) is 48.5 Å². The number of hydrogen-bond acceptors (Lipinski definition) is 3. The van der Waals surface area contributed by atoms with Crippen LogP contribution in [0.15, 0.2) is 162 Å². The number of benzene rings is 6. The van der Waals surface area contributed by atoms with Crippen LogP contribution in [0.4, 0.5) is 11.4 Å². The van der Waals surface area contributed by atoms with E-state index in [2.05, 4.69) is 110 Å². The molecule has 0 aliphatic carbocycles. The summed E-state index contributed by atoms with van der Waals surface area (Å²) in [5.41, 5.74) is 12.8. The normalized spacial score (nSPS) is 11.7. The average Bonchev–Trinajstić information content (AvgIpc) is 3.08. The summed E-state index contributed by atoms with van der Waals surface area (Å²) in [6.45, 7) is 4.08. The summed E-state index contributed by atoms with van der Waals surface area (Å²) in [5.74, 6) is 0. The summed E-state index contributed by atoms with van der Waals surface area (Å²) in [5, 5.41) is 9.30. The first kappa shape index (κ1) is 28.3. The molecule has 44 heavy (non-hydrogen) atoms. The molecule has 6 rings (SSSR count). The standard InChI is InChI=1S/C41H31N3/c1-29-12-9-10-19-38(29)43-41(34-15-7-4-8-16-34)37-18-11-17-36(27-37)32-21-23-35(24-22-32)40(33-13-5-3-6-14-33)44-39-25-20-31(28-42)26-30(39)2/h3-27H,1-2H3. The minimum atomic E-state index is 0.633. The fourth-order valence-corrected chi connectivity index (χ4v) is 5.23. The Labute approximate surface area is 259 Å². The van der Waals surface area contributed by atoms with Gasteiger partial charge in [0, 0.05) is 22.3 Å². The second kappa shape index (κ2) is 13.0. The summed E-state index contributed by atoms with van der Waals surface area (Å²) in [6, 6.07) is 53.8. The van der Waals surface area contributed by atoms with Crippen LogP contribution in [0.2, 0.25) is 0 Å². The van der Waals surface area contributed by atoms with Crippen LogP contribution in [-0.2, 0) is 0 Å². The molecule has 6 aromatic carbocycles. The molecule has 0 heterocycles. The molecule has 0 aliphatic rings. The quantitative estimate of drug-likeness (QED) is 0.178. The van der Waals surface area contributed by atoms with E-state index in [9.17, 15) is 5.26 Å². The number of aliphatic imine (C=N–C) groups is 2. The van der Waals surface area contributed by atoms with E-state index in [1.54, 1.807) is 0 Å². The Morgan fingerprint density at radius 1 is 0.455 bits per heavy atom. The molecule has 0 amide bonds. The molecule has 0 N–H and O–H groups in total. The van der Waals surface area contributed by atoms with Crippen LogP contribution < -0.4 is 0 Å². The highest BCUT2D eigenvalue weighted by Gasteiger charge is 2.12. The summed E-state index contributed by atoms with van der Waals surface area (Å²) in [6.07, 6.45) is 0. The number of nitrogens with zero attached hydrogens (tertiary/aromatic N) is 3. The minimum Gasteiger partial charge on any atom is -0.248 e. The van der Waals surface area contributed by atoms with E-state index in [-0.39, 0.29) is 0 Å². The van der Waals surface area contributed by atoms with Crippen LogP contribution in [0.1, 0.15) is 38.9 Å². The van der Waals surface area contributed by atoms with Gasteiger partial charge in [-0.25, -0.2) is 9.98 Å². The van der Waals surface area contributed by atoms with Crippen molar-refractivity contribution in [2.75, 3.05) is 0 Å². The second-order valence-electron chi connectivity index (χ2n) is 10.7. The van der Waals surface area contributed by atoms with Gasteiger partial charge < -0.3 is 0 Å². The Kier molecular flexibility index (Phi) is 8.34. The highest BCUT2D eigenvalue weighted by atomic mass is 14.8. The molecule has 6 aromatic rings. The van der Waals surface area contributed by atoms with Gasteiger partial charge in [-0.3, -0.25) is 0 Å². The lowest BCUT2D eigenvalue weighted by atomic mass is 9.95. The van der Waals surface area contributed by atoms with Crippen molar-refractivity contribution in [3.8, 4) is 17.2 Å². The van der Waals surface area contributed by atoms with E-state index >= 15 is 0 Å². The van der Waals surface area contributed by atoms with Gasteiger partial charge in [0.1, 0.15) is 0 Å². The number of para-hydroxylation sites is 1. The second-order valence-corrected chi connectivity index (χ2v) is 10.7. The predicted molar refractivity (Wildman–Crippen MR) is 182 cm³/mol. The van der Waals surface area contributed by atoms with Gasteiger partial charge in [0.15, 0.2) is 0 Å². The third kappa shape index (κ3) is 6.31. The van der Waals surface area contributed by atoms with Crippen LogP contribution in [0.5, 0.6) is 0 Å². The van der Waals surface area contributed by atoms with E-state index in [1.165, 1.54) is 0 Å². The lowest BCUT2D eigenvalue weighted by Crippen LogP contribution is -2.04. The fourth-order valence-electron chi connectivity index (χ4n) is 5.23. The molecule has 0 unspecified atom stereocenters. The maximum absolute atomic E-state index is 9.30. The lowest BCUT2D eigenvalue weighted by molar-refractivity contribution is 1.36.